The Morgan fingerprint density at radius 2 is 2.16 bits per heavy atom. The zero-order chi connectivity index (χ0) is 13.8. The second-order valence-electron chi connectivity index (χ2n) is 5.10. The number of hydrogen-bond acceptors (Lipinski definition) is 5. The van der Waals surface area contributed by atoms with Crippen molar-refractivity contribution in [2.75, 3.05) is 12.5 Å². The number of non-ortho nitro benzene ring substituents is 1. The molecule has 1 aromatic rings. The monoisotopic (exact) mass is 264 g/mol. The third-order valence-electron chi connectivity index (χ3n) is 3.82. The van der Waals surface area contributed by atoms with E-state index in [-0.39, 0.29) is 10.6 Å². The molecule has 6 heteroatoms. The molecule has 104 valence electrons. The van der Waals surface area contributed by atoms with Gasteiger partial charge in [0.1, 0.15) is 0 Å². The van der Waals surface area contributed by atoms with Gasteiger partial charge in [-0.25, -0.2) is 0 Å². The van der Waals surface area contributed by atoms with Crippen molar-refractivity contribution in [3.63, 3.8) is 0 Å². The van der Waals surface area contributed by atoms with Crippen molar-refractivity contribution in [1.82, 2.24) is 4.90 Å². The minimum atomic E-state index is -0.376. The van der Waals surface area contributed by atoms with Gasteiger partial charge in [0.25, 0.3) is 5.69 Å². The number of benzene rings is 1. The highest BCUT2D eigenvalue weighted by Crippen LogP contribution is 2.27. The smallest absolute Gasteiger partial charge is 0.269 e. The topological polar surface area (TPSA) is 84.4 Å². The number of anilines is 1. The van der Waals surface area contributed by atoms with Crippen molar-refractivity contribution in [2.45, 2.75) is 38.3 Å². The molecule has 1 saturated carbocycles. The summed E-state index contributed by atoms with van der Waals surface area (Å²) in [6.45, 7) is 0.672. The summed E-state index contributed by atoms with van der Waals surface area (Å²) in [5, 5.41) is 10.8. The van der Waals surface area contributed by atoms with Crippen LogP contribution in [0.15, 0.2) is 18.2 Å². The molecular formula is C13H20N4O2. The molecule has 1 aliphatic carbocycles. The van der Waals surface area contributed by atoms with Gasteiger partial charge in [-0.2, -0.15) is 0 Å². The van der Waals surface area contributed by atoms with Crippen LogP contribution in [-0.4, -0.2) is 22.9 Å². The summed E-state index contributed by atoms with van der Waals surface area (Å²) >= 11 is 0. The largest absolute Gasteiger partial charge is 0.324 e. The number of nitro groups is 1. The summed E-state index contributed by atoms with van der Waals surface area (Å²) in [7, 11) is 2.06. The van der Waals surface area contributed by atoms with E-state index in [1.54, 1.807) is 12.1 Å². The van der Waals surface area contributed by atoms with Gasteiger partial charge in [-0.1, -0.05) is 12.8 Å². The predicted molar refractivity (Wildman–Crippen MR) is 74.6 cm³/mol. The zero-order valence-corrected chi connectivity index (χ0v) is 11.1. The Morgan fingerprint density at radius 1 is 1.47 bits per heavy atom. The number of nitrogens with one attached hydrogen (secondary N) is 1. The van der Waals surface area contributed by atoms with Crippen LogP contribution in [0.3, 0.4) is 0 Å². The van der Waals surface area contributed by atoms with Gasteiger partial charge in [0.15, 0.2) is 0 Å². The molecule has 0 saturated heterocycles. The SMILES string of the molecule is CN(Cc1cc([N+](=O)[O-])ccc1NN)C1CCCC1. The van der Waals surface area contributed by atoms with Crippen LogP contribution >= 0.6 is 0 Å². The summed E-state index contributed by atoms with van der Waals surface area (Å²) in [5.74, 6) is 5.47. The molecule has 3 N–H and O–H groups in total. The molecule has 1 aromatic carbocycles. The van der Waals surface area contributed by atoms with Crippen LogP contribution in [-0.2, 0) is 6.54 Å². The van der Waals surface area contributed by atoms with Gasteiger partial charge in [0, 0.05) is 24.7 Å². The molecule has 2 rings (SSSR count). The lowest BCUT2D eigenvalue weighted by Gasteiger charge is -2.24. The minimum Gasteiger partial charge on any atom is -0.324 e. The molecule has 0 aromatic heterocycles. The average molecular weight is 264 g/mol. The van der Waals surface area contributed by atoms with E-state index in [0.29, 0.717) is 12.6 Å². The maximum atomic E-state index is 10.8. The molecule has 0 radical (unpaired) electrons. The van der Waals surface area contributed by atoms with E-state index in [4.69, 9.17) is 5.84 Å². The molecule has 19 heavy (non-hydrogen) atoms. The van der Waals surface area contributed by atoms with Crippen molar-refractivity contribution in [3.05, 3.63) is 33.9 Å². The lowest BCUT2D eigenvalue weighted by atomic mass is 10.1. The van der Waals surface area contributed by atoms with E-state index in [1.165, 1.54) is 31.7 Å². The second-order valence-corrected chi connectivity index (χ2v) is 5.10. The van der Waals surface area contributed by atoms with Crippen molar-refractivity contribution >= 4 is 11.4 Å². The van der Waals surface area contributed by atoms with Crippen LogP contribution in [0.5, 0.6) is 0 Å². The normalized spacial score (nSPS) is 15.9. The molecule has 0 aliphatic heterocycles. The van der Waals surface area contributed by atoms with E-state index in [0.717, 1.165) is 11.3 Å². The fourth-order valence-electron chi connectivity index (χ4n) is 2.71. The number of nitrogens with two attached hydrogens (primary N) is 1. The first-order chi connectivity index (χ1) is 9.11. The first kappa shape index (κ1) is 13.8. The van der Waals surface area contributed by atoms with Gasteiger partial charge in [-0.05, 0) is 31.5 Å². The number of hydrogen-bond donors (Lipinski definition) is 2. The van der Waals surface area contributed by atoms with Crippen LogP contribution in [0.4, 0.5) is 11.4 Å². The quantitative estimate of drug-likeness (QED) is 0.484. The molecule has 1 aliphatic rings. The molecule has 0 amide bonds. The van der Waals surface area contributed by atoms with Crippen molar-refractivity contribution in [1.29, 1.82) is 0 Å². The summed E-state index contributed by atoms with van der Waals surface area (Å²) in [4.78, 5) is 12.7. The first-order valence-electron chi connectivity index (χ1n) is 6.56. The molecule has 0 atom stereocenters. The summed E-state index contributed by atoms with van der Waals surface area (Å²) < 4.78 is 0. The van der Waals surface area contributed by atoms with E-state index in [2.05, 4.69) is 17.4 Å². The lowest BCUT2D eigenvalue weighted by molar-refractivity contribution is -0.384. The molecule has 0 heterocycles. The third-order valence-corrected chi connectivity index (χ3v) is 3.82. The zero-order valence-electron chi connectivity index (χ0n) is 11.1. The minimum absolute atomic E-state index is 0.105. The van der Waals surface area contributed by atoms with Gasteiger partial charge in [-0.3, -0.25) is 20.9 Å². The highest BCUT2D eigenvalue weighted by atomic mass is 16.6. The number of nitrogen functional groups attached to an aromatic ring is 1. The Hall–Kier alpha value is -1.66. The van der Waals surface area contributed by atoms with Gasteiger partial charge in [0.05, 0.1) is 10.6 Å². The van der Waals surface area contributed by atoms with Crippen molar-refractivity contribution in [2.24, 2.45) is 5.84 Å². The number of nitro benzene ring substituents is 1. The second kappa shape index (κ2) is 5.99. The van der Waals surface area contributed by atoms with Crippen molar-refractivity contribution < 1.29 is 4.92 Å². The highest BCUT2D eigenvalue weighted by Gasteiger charge is 2.21. The van der Waals surface area contributed by atoms with E-state index in [1.807, 2.05) is 0 Å². The Bertz CT molecular complexity index is 458. The Labute approximate surface area is 112 Å². The highest BCUT2D eigenvalue weighted by molar-refractivity contribution is 5.55. The molecule has 0 spiro atoms. The molecular weight excluding hydrogens is 244 g/mol. The van der Waals surface area contributed by atoms with Crippen LogP contribution in [0, 0.1) is 10.1 Å². The molecule has 0 bridgehead atoms. The van der Waals surface area contributed by atoms with Gasteiger partial charge in [-0.15, -0.1) is 0 Å². The number of rotatable bonds is 5. The van der Waals surface area contributed by atoms with Crippen LogP contribution in [0.25, 0.3) is 0 Å². The van der Waals surface area contributed by atoms with Gasteiger partial charge >= 0.3 is 0 Å². The Balaban J connectivity index is 2.16. The molecule has 0 unspecified atom stereocenters. The van der Waals surface area contributed by atoms with E-state index < -0.39 is 0 Å². The lowest BCUT2D eigenvalue weighted by Crippen LogP contribution is -2.29. The molecule has 6 nitrogen and oxygen atoms in total. The molecule has 1 fully saturated rings. The standard InChI is InChI=1S/C13H20N4O2/c1-16(11-4-2-3-5-11)9-10-8-12(17(18)19)6-7-13(10)15-14/h6-8,11,15H,2-5,9,14H2,1H3. The van der Waals surface area contributed by atoms with E-state index in [9.17, 15) is 10.1 Å². The maximum Gasteiger partial charge on any atom is 0.269 e. The van der Waals surface area contributed by atoms with E-state index >= 15 is 0 Å². The Morgan fingerprint density at radius 3 is 2.74 bits per heavy atom. The fraction of sp³-hybridized carbons (Fsp3) is 0.538. The summed E-state index contributed by atoms with van der Waals surface area (Å²) in [6.07, 6.45) is 4.95. The van der Waals surface area contributed by atoms with Crippen LogP contribution in [0.2, 0.25) is 0 Å². The average Bonchev–Trinajstić information content (AvgIpc) is 2.92. The van der Waals surface area contributed by atoms with Crippen LogP contribution < -0.4 is 11.3 Å². The fourth-order valence-corrected chi connectivity index (χ4v) is 2.71. The maximum absolute atomic E-state index is 10.8. The Kier molecular flexibility index (Phi) is 4.34. The number of nitrogens with zero attached hydrogens (tertiary/aromatic N) is 2. The number of hydrazine groups is 1. The first-order valence-corrected chi connectivity index (χ1v) is 6.56. The van der Waals surface area contributed by atoms with Crippen molar-refractivity contribution in [3.8, 4) is 0 Å². The van der Waals surface area contributed by atoms with Gasteiger partial charge in [0.2, 0.25) is 0 Å². The van der Waals surface area contributed by atoms with Crippen LogP contribution in [0.1, 0.15) is 31.2 Å². The van der Waals surface area contributed by atoms with Gasteiger partial charge < -0.3 is 5.43 Å². The predicted octanol–water partition coefficient (Wildman–Crippen LogP) is 2.25. The summed E-state index contributed by atoms with van der Waals surface area (Å²) in [5.41, 5.74) is 4.33. The third kappa shape index (κ3) is 3.21. The summed E-state index contributed by atoms with van der Waals surface area (Å²) in [6, 6.07) is 5.30.